The fraction of sp³-hybridized carbons (Fsp3) is 1.00. The second-order valence-corrected chi connectivity index (χ2v) is 6.06. The Labute approximate surface area is 104 Å². The Bertz CT molecular complexity index is 245. The summed E-state index contributed by atoms with van der Waals surface area (Å²) in [5.74, 6) is 0.733. The zero-order valence-electron chi connectivity index (χ0n) is 10.7. The predicted molar refractivity (Wildman–Crippen MR) is 67.1 cm³/mol. The van der Waals surface area contributed by atoms with Crippen molar-refractivity contribution in [3.05, 3.63) is 0 Å². The highest BCUT2D eigenvalue weighted by Crippen LogP contribution is 2.43. The molecule has 3 nitrogen and oxygen atoms in total. The second kappa shape index (κ2) is 5.25. The molecular weight excluding hydrogens is 214 g/mol. The van der Waals surface area contributed by atoms with Gasteiger partial charge in [-0.2, -0.15) is 0 Å². The van der Waals surface area contributed by atoms with Crippen LogP contribution in [0.5, 0.6) is 0 Å². The Morgan fingerprint density at radius 1 is 1.12 bits per heavy atom. The lowest BCUT2D eigenvalue weighted by atomic mass is 9.98. The van der Waals surface area contributed by atoms with Crippen molar-refractivity contribution in [3.63, 3.8) is 0 Å². The molecule has 2 heterocycles. The van der Waals surface area contributed by atoms with Crippen molar-refractivity contribution in [2.75, 3.05) is 26.3 Å². The molecular formula is C14H25NO2. The summed E-state index contributed by atoms with van der Waals surface area (Å²) in [7, 11) is 0. The Morgan fingerprint density at radius 2 is 2.00 bits per heavy atom. The summed E-state index contributed by atoms with van der Waals surface area (Å²) < 4.78 is 12.1. The normalized spacial score (nSPS) is 36.0. The lowest BCUT2D eigenvalue weighted by Crippen LogP contribution is -2.27. The molecule has 1 spiro atoms. The molecule has 2 atom stereocenters. The third-order valence-electron chi connectivity index (χ3n) is 4.67. The maximum Gasteiger partial charge on any atom is 0.0817 e. The first-order valence-corrected chi connectivity index (χ1v) is 7.33. The summed E-state index contributed by atoms with van der Waals surface area (Å²) in [4.78, 5) is 0. The summed E-state index contributed by atoms with van der Waals surface area (Å²) in [6.45, 7) is 4.03. The van der Waals surface area contributed by atoms with Gasteiger partial charge in [0.1, 0.15) is 0 Å². The van der Waals surface area contributed by atoms with Crippen LogP contribution in [-0.4, -0.2) is 38.0 Å². The molecule has 0 aromatic heterocycles. The summed E-state index contributed by atoms with van der Waals surface area (Å²) in [5, 5.41) is 3.38. The van der Waals surface area contributed by atoms with Gasteiger partial charge in [-0.25, -0.2) is 0 Å². The van der Waals surface area contributed by atoms with Crippen molar-refractivity contribution in [3.8, 4) is 0 Å². The van der Waals surface area contributed by atoms with Crippen LogP contribution < -0.4 is 5.32 Å². The van der Waals surface area contributed by atoms with E-state index in [1.807, 2.05) is 0 Å². The van der Waals surface area contributed by atoms with Gasteiger partial charge in [-0.1, -0.05) is 12.8 Å². The van der Waals surface area contributed by atoms with Crippen molar-refractivity contribution >= 4 is 0 Å². The van der Waals surface area contributed by atoms with Crippen LogP contribution in [0.15, 0.2) is 0 Å². The van der Waals surface area contributed by atoms with E-state index in [0.717, 1.165) is 32.2 Å². The van der Waals surface area contributed by atoms with Crippen LogP contribution in [0.25, 0.3) is 0 Å². The largest absolute Gasteiger partial charge is 0.378 e. The minimum absolute atomic E-state index is 0.267. The first kappa shape index (κ1) is 11.9. The van der Waals surface area contributed by atoms with Crippen LogP contribution in [0.4, 0.5) is 0 Å². The van der Waals surface area contributed by atoms with E-state index < -0.39 is 0 Å². The molecule has 3 fully saturated rings. The average Bonchev–Trinajstić information content (AvgIpc) is 3.04. The number of nitrogens with one attached hydrogen (secondary N) is 1. The molecule has 98 valence electrons. The van der Waals surface area contributed by atoms with Gasteiger partial charge in [0, 0.05) is 6.54 Å². The minimum Gasteiger partial charge on any atom is -0.378 e. The third kappa shape index (κ3) is 2.83. The van der Waals surface area contributed by atoms with Crippen LogP contribution in [0.1, 0.15) is 44.9 Å². The van der Waals surface area contributed by atoms with E-state index >= 15 is 0 Å². The van der Waals surface area contributed by atoms with Gasteiger partial charge in [0.25, 0.3) is 0 Å². The predicted octanol–water partition coefficient (Wildman–Crippen LogP) is 2.10. The van der Waals surface area contributed by atoms with E-state index in [2.05, 4.69) is 5.32 Å². The highest BCUT2D eigenvalue weighted by Gasteiger charge is 2.42. The van der Waals surface area contributed by atoms with Crippen molar-refractivity contribution in [2.24, 2.45) is 5.92 Å². The van der Waals surface area contributed by atoms with Crippen LogP contribution in [0.2, 0.25) is 0 Å². The first-order chi connectivity index (χ1) is 8.36. The third-order valence-corrected chi connectivity index (χ3v) is 4.67. The van der Waals surface area contributed by atoms with E-state index in [1.54, 1.807) is 0 Å². The number of hydrogen-bond donors (Lipinski definition) is 1. The molecule has 0 amide bonds. The van der Waals surface area contributed by atoms with E-state index in [0.29, 0.717) is 6.10 Å². The summed E-state index contributed by atoms with van der Waals surface area (Å²) in [6, 6.07) is 0. The topological polar surface area (TPSA) is 30.5 Å². The van der Waals surface area contributed by atoms with Crippen molar-refractivity contribution in [1.82, 2.24) is 5.32 Å². The summed E-state index contributed by atoms with van der Waals surface area (Å²) in [6.07, 6.45) is 9.43. The SMILES string of the molecule is C1CCC2(C1)CCC(COCC1CCNC1)O2. The Hall–Kier alpha value is -0.120. The van der Waals surface area contributed by atoms with Crippen molar-refractivity contribution < 1.29 is 9.47 Å². The fourth-order valence-corrected chi connectivity index (χ4v) is 3.62. The quantitative estimate of drug-likeness (QED) is 0.815. The minimum atomic E-state index is 0.267. The van der Waals surface area contributed by atoms with Gasteiger partial charge >= 0.3 is 0 Å². The molecule has 0 aromatic carbocycles. The fourth-order valence-electron chi connectivity index (χ4n) is 3.62. The van der Waals surface area contributed by atoms with E-state index in [1.165, 1.54) is 44.9 Å². The Balaban J connectivity index is 1.36. The maximum atomic E-state index is 6.23. The monoisotopic (exact) mass is 239 g/mol. The van der Waals surface area contributed by atoms with Gasteiger partial charge in [0.2, 0.25) is 0 Å². The lowest BCUT2D eigenvalue weighted by molar-refractivity contribution is -0.0709. The molecule has 3 rings (SSSR count). The zero-order valence-corrected chi connectivity index (χ0v) is 10.7. The van der Waals surface area contributed by atoms with E-state index in [9.17, 15) is 0 Å². The first-order valence-electron chi connectivity index (χ1n) is 7.33. The molecule has 3 heteroatoms. The summed E-state index contributed by atoms with van der Waals surface area (Å²) >= 11 is 0. The molecule has 1 saturated carbocycles. The Kier molecular flexibility index (Phi) is 3.69. The molecule has 1 aliphatic carbocycles. The van der Waals surface area contributed by atoms with Gasteiger partial charge in [-0.05, 0) is 44.6 Å². The highest BCUT2D eigenvalue weighted by atomic mass is 16.6. The maximum absolute atomic E-state index is 6.23. The van der Waals surface area contributed by atoms with Gasteiger partial charge in [-0.3, -0.25) is 0 Å². The molecule has 1 N–H and O–H groups in total. The van der Waals surface area contributed by atoms with Crippen LogP contribution >= 0.6 is 0 Å². The van der Waals surface area contributed by atoms with Gasteiger partial charge in [-0.15, -0.1) is 0 Å². The second-order valence-electron chi connectivity index (χ2n) is 6.06. The average molecular weight is 239 g/mol. The number of ether oxygens (including phenoxy) is 2. The molecule has 0 bridgehead atoms. The molecule has 2 unspecified atom stereocenters. The van der Waals surface area contributed by atoms with Gasteiger partial charge < -0.3 is 14.8 Å². The van der Waals surface area contributed by atoms with Gasteiger partial charge in [0.15, 0.2) is 0 Å². The number of hydrogen-bond acceptors (Lipinski definition) is 3. The van der Waals surface area contributed by atoms with Crippen molar-refractivity contribution in [2.45, 2.75) is 56.7 Å². The molecule has 2 aliphatic heterocycles. The van der Waals surface area contributed by atoms with Gasteiger partial charge in [0.05, 0.1) is 24.9 Å². The molecule has 0 aromatic rings. The summed E-state index contributed by atoms with van der Waals surface area (Å²) in [5.41, 5.74) is 0.267. The smallest absolute Gasteiger partial charge is 0.0817 e. The van der Waals surface area contributed by atoms with E-state index in [-0.39, 0.29) is 5.60 Å². The van der Waals surface area contributed by atoms with E-state index in [4.69, 9.17) is 9.47 Å². The van der Waals surface area contributed by atoms with Crippen LogP contribution in [0.3, 0.4) is 0 Å². The molecule has 0 radical (unpaired) electrons. The van der Waals surface area contributed by atoms with Crippen LogP contribution in [-0.2, 0) is 9.47 Å². The molecule has 3 aliphatic rings. The highest BCUT2D eigenvalue weighted by molar-refractivity contribution is 4.92. The standard InChI is InChI=1S/C14H25NO2/c1-2-6-14(5-1)7-3-13(17-14)11-16-10-12-4-8-15-9-12/h12-13,15H,1-11H2. The zero-order chi connectivity index (χ0) is 11.6. The number of rotatable bonds is 4. The Morgan fingerprint density at radius 3 is 2.76 bits per heavy atom. The molecule has 17 heavy (non-hydrogen) atoms. The van der Waals surface area contributed by atoms with Crippen molar-refractivity contribution in [1.29, 1.82) is 0 Å². The lowest BCUT2D eigenvalue weighted by Gasteiger charge is -2.23. The molecule has 2 saturated heterocycles. The van der Waals surface area contributed by atoms with Crippen LogP contribution in [0, 0.1) is 5.92 Å².